The second kappa shape index (κ2) is 9.37. The predicted octanol–water partition coefficient (Wildman–Crippen LogP) is 2.87. The summed E-state index contributed by atoms with van der Waals surface area (Å²) < 4.78 is 67.7. The Morgan fingerprint density at radius 3 is 2.71 bits per heavy atom. The highest BCUT2D eigenvalue weighted by Crippen LogP contribution is 2.32. The minimum absolute atomic E-state index is 0.105. The van der Waals surface area contributed by atoms with Gasteiger partial charge in [0.1, 0.15) is 0 Å². The standard InChI is InChI=1S/C21H20F3N7O3S/c1-30(35(2,33)34)17-6-7-25-9-12(17)11-31(20(23)24)19-14(22)10-26-21(29-19)28-16-5-3-4-15-13(16)8-18(32)27-15/h3-7,9-10,20H,8,11H2,1-2H3,(H,27,32)(H,26,28,29). The zero-order chi connectivity index (χ0) is 25.3. The molecule has 1 aliphatic rings. The first-order chi connectivity index (χ1) is 16.5. The average Bonchev–Trinajstić information content (AvgIpc) is 3.19. The number of halogens is 3. The van der Waals surface area contributed by atoms with E-state index in [4.69, 9.17) is 0 Å². The molecule has 2 aromatic heterocycles. The lowest BCUT2D eigenvalue weighted by Gasteiger charge is -2.26. The van der Waals surface area contributed by atoms with Crippen LogP contribution in [0.15, 0.2) is 42.9 Å². The molecule has 1 aliphatic heterocycles. The van der Waals surface area contributed by atoms with Crippen LogP contribution in [0, 0.1) is 5.82 Å². The number of sulfonamides is 1. The van der Waals surface area contributed by atoms with Crippen LogP contribution in [0.2, 0.25) is 0 Å². The summed E-state index contributed by atoms with van der Waals surface area (Å²) >= 11 is 0. The van der Waals surface area contributed by atoms with Crippen LogP contribution in [0.4, 0.5) is 42.0 Å². The molecule has 1 aromatic carbocycles. The molecule has 0 spiro atoms. The van der Waals surface area contributed by atoms with Crippen molar-refractivity contribution in [2.24, 2.45) is 0 Å². The molecule has 0 saturated carbocycles. The summed E-state index contributed by atoms with van der Waals surface area (Å²) in [6.45, 7) is -3.78. The number of hydrogen-bond acceptors (Lipinski definition) is 8. The maximum Gasteiger partial charge on any atom is 0.316 e. The zero-order valence-corrected chi connectivity index (χ0v) is 19.4. The van der Waals surface area contributed by atoms with Gasteiger partial charge in [-0.1, -0.05) is 6.07 Å². The van der Waals surface area contributed by atoms with Crippen molar-refractivity contribution in [3.05, 3.63) is 59.8 Å². The quantitative estimate of drug-likeness (QED) is 0.447. The topological polar surface area (TPSA) is 120 Å². The van der Waals surface area contributed by atoms with E-state index in [9.17, 15) is 26.4 Å². The molecule has 3 aromatic rings. The van der Waals surface area contributed by atoms with E-state index >= 15 is 0 Å². The van der Waals surface area contributed by atoms with E-state index in [1.807, 2.05) is 0 Å². The molecular weight excluding hydrogens is 487 g/mol. The third kappa shape index (κ3) is 5.11. The third-order valence-corrected chi connectivity index (χ3v) is 6.51. The molecule has 35 heavy (non-hydrogen) atoms. The molecule has 0 saturated heterocycles. The zero-order valence-electron chi connectivity index (χ0n) is 18.5. The minimum Gasteiger partial charge on any atom is -0.325 e. The van der Waals surface area contributed by atoms with Gasteiger partial charge in [0.05, 0.1) is 31.1 Å². The SMILES string of the molecule is CN(c1ccncc1CN(c1nc(Nc2cccc3c2CC(=O)N3)ncc1F)C(F)F)S(C)(=O)=O. The number of fused-ring (bicyclic) bond motifs is 1. The van der Waals surface area contributed by atoms with Crippen LogP contribution in [-0.4, -0.2) is 49.1 Å². The lowest BCUT2D eigenvalue weighted by Crippen LogP contribution is -2.32. The number of hydrogen-bond donors (Lipinski definition) is 2. The van der Waals surface area contributed by atoms with E-state index in [0.717, 1.165) is 16.8 Å². The number of pyridine rings is 1. The van der Waals surface area contributed by atoms with Crippen molar-refractivity contribution in [3.63, 3.8) is 0 Å². The number of nitrogens with one attached hydrogen (secondary N) is 2. The van der Waals surface area contributed by atoms with Crippen molar-refractivity contribution < 1.29 is 26.4 Å². The van der Waals surface area contributed by atoms with Gasteiger partial charge >= 0.3 is 6.55 Å². The van der Waals surface area contributed by atoms with Crippen LogP contribution < -0.4 is 19.8 Å². The first-order valence-electron chi connectivity index (χ1n) is 10.2. The number of carbonyl (C=O) groups excluding carboxylic acids is 1. The largest absolute Gasteiger partial charge is 0.325 e. The van der Waals surface area contributed by atoms with Crippen molar-refractivity contribution in [1.82, 2.24) is 15.0 Å². The highest BCUT2D eigenvalue weighted by atomic mass is 32.2. The van der Waals surface area contributed by atoms with Crippen LogP contribution in [0.3, 0.4) is 0 Å². The Hall–Kier alpha value is -3.94. The van der Waals surface area contributed by atoms with Gasteiger partial charge in [-0.2, -0.15) is 13.8 Å². The normalized spacial score (nSPS) is 12.9. The van der Waals surface area contributed by atoms with Gasteiger partial charge in [-0.3, -0.25) is 19.0 Å². The summed E-state index contributed by atoms with van der Waals surface area (Å²) in [7, 11) is -2.43. The summed E-state index contributed by atoms with van der Waals surface area (Å²) in [5, 5.41) is 5.54. The van der Waals surface area contributed by atoms with Crippen LogP contribution in [-0.2, 0) is 27.8 Å². The molecule has 0 unspecified atom stereocenters. The molecule has 1 amide bonds. The van der Waals surface area contributed by atoms with Crippen LogP contribution in [0.5, 0.6) is 0 Å². The number of benzene rings is 1. The van der Waals surface area contributed by atoms with Gasteiger partial charge < -0.3 is 10.6 Å². The summed E-state index contributed by atoms with van der Waals surface area (Å²) in [6.07, 6.45) is 4.36. The molecule has 14 heteroatoms. The number of carbonyl (C=O) groups is 1. The molecule has 0 fully saturated rings. The molecule has 4 rings (SSSR count). The highest BCUT2D eigenvalue weighted by molar-refractivity contribution is 7.92. The first kappa shape index (κ1) is 24.2. The maximum absolute atomic E-state index is 14.6. The van der Waals surface area contributed by atoms with E-state index in [0.29, 0.717) is 21.8 Å². The average molecular weight is 507 g/mol. The Morgan fingerprint density at radius 2 is 2.00 bits per heavy atom. The molecule has 0 bridgehead atoms. The minimum atomic E-state index is -3.70. The molecule has 0 atom stereocenters. The van der Waals surface area contributed by atoms with E-state index in [1.54, 1.807) is 18.2 Å². The molecule has 2 N–H and O–H groups in total. The Balaban J connectivity index is 1.67. The fourth-order valence-electron chi connectivity index (χ4n) is 3.55. The number of rotatable bonds is 8. The third-order valence-electron chi connectivity index (χ3n) is 5.32. The summed E-state index contributed by atoms with van der Waals surface area (Å²) in [4.78, 5) is 23.8. The van der Waals surface area contributed by atoms with Crippen molar-refractivity contribution >= 4 is 44.8 Å². The van der Waals surface area contributed by atoms with E-state index in [2.05, 4.69) is 25.6 Å². The number of aromatic nitrogens is 3. The number of anilines is 5. The highest BCUT2D eigenvalue weighted by Gasteiger charge is 2.27. The fourth-order valence-corrected chi connectivity index (χ4v) is 4.09. The summed E-state index contributed by atoms with van der Waals surface area (Å²) in [5.74, 6) is -2.17. The lowest BCUT2D eigenvalue weighted by molar-refractivity contribution is -0.115. The molecule has 0 aliphatic carbocycles. The van der Waals surface area contributed by atoms with Crippen LogP contribution in [0.25, 0.3) is 0 Å². The van der Waals surface area contributed by atoms with Crippen LogP contribution in [0.1, 0.15) is 11.1 Å². The molecule has 184 valence electrons. The number of nitrogens with zero attached hydrogens (tertiary/aromatic N) is 5. The van der Waals surface area contributed by atoms with Crippen molar-refractivity contribution in [1.29, 1.82) is 0 Å². The molecule has 3 heterocycles. The Kier molecular flexibility index (Phi) is 6.47. The second-order valence-electron chi connectivity index (χ2n) is 7.69. The molecular formula is C21H20F3N7O3S. The summed E-state index contributed by atoms with van der Waals surface area (Å²) in [5.41, 5.74) is 1.92. The smallest absolute Gasteiger partial charge is 0.316 e. The van der Waals surface area contributed by atoms with Crippen molar-refractivity contribution in [2.75, 3.05) is 33.1 Å². The number of amides is 1. The monoisotopic (exact) mass is 507 g/mol. The Morgan fingerprint density at radius 1 is 1.23 bits per heavy atom. The van der Waals surface area contributed by atoms with Gasteiger partial charge in [0.2, 0.25) is 21.9 Å². The fraction of sp³-hybridized carbons (Fsp3) is 0.238. The van der Waals surface area contributed by atoms with Crippen LogP contribution >= 0.6 is 0 Å². The number of alkyl halides is 2. The summed E-state index contributed by atoms with van der Waals surface area (Å²) in [6, 6.07) is 6.39. The van der Waals surface area contributed by atoms with Gasteiger partial charge in [0.25, 0.3) is 0 Å². The van der Waals surface area contributed by atoms with Gasteiger partial charge in [-0.05, 0) is 18.2 Å². The van der Waals surface area contributed by atoms with Crippen molar-refractivity contribution in [2.45, 2.75) is 19.5 Å². The van der Waals surface area contributed by atoms with E-state index in [-0.39, 0.29) is 29.5 Å². The van der Waals surface area contributed by atoms with Gasteiger partial charge in [0.15, 0.2) is 11.6 Å². The van der Waals surface area contributed by atoms with Crippen molar-refractivity contribution in [3.8, 4) is 0 Å². The second-order valence-corrected chi connectivity index (χ2v) is 9.70. The van der Waals surface area contributed by atoms with Gasteiger partial charge in [-0.25, -0.2) is 17.8 Å². The van der Waals surface area contributed by atoms with E-state index in [1.165, 1.54) is 25.5 Å². The lowest BCUT2D eigenvalue weighted by atomic mass is 10.1. The molecule has 0 radical (unpaired) electrons. The predicted molar refractivity (Wildman–Crippen MR) is 124 cm³/mol. The first-order valence-corrected chi connectivity index (χ1v) is 12.0. The maximum atomic E-state index is 14.6. The van der Waals surface area contributed by atoms with E-state index < -0.39 is 34.8 Å². The van der Waals surface area contributed by atoms with Gasteiger partial charge in [0, 0.05) is 41.9 Å². The molecule has 10 nitrogen and oxygen atoms in total. The Labute approximate surface area is 198 Å². The van der Waals surface area contributed by atoms with Gasteiger partial charge in [-0.15, -0.1) is 0 Å². The Bertz CT molecular complexity index is 1390.